The van der Waals surface area contributed by atoms with Crippen molar-refractivity contribution in [2.75, 3.05) is 11.1 Å². The van der Waals surface area contributed by atoms with Gasteiger partial charge in [-0.1, -0.05) is 11.6 Å². The fourth-order valence-electron chi connectivity index (χ4n) is 1.30. The Morgan fingerprint density at radius 3 is 2.94 bits per heavy atom. The highest BCUT2D eigenvalue weighted by Gasteiger charge is 2.12. The Morgan fingerprint density at radius 1 is 1.44 bits per heavy atom. The van der Waals surface area contributed by atoms with E-state index in [0.29, 0.717) is 10.2 Å². The first kappa shape index (κ1) is 12.8. The quantitative estimate of drug-likeness (QED) is 0.888. The second kappa shape index (κ2) is 5.32. The maximum atomic E-state index is 12.0. The molecule has 7 heteroatoms. The minimum absolute atomic E-state index is 0.235. The second-order valence-corrected chi connectivity index (χ2v) is 4.66. The minimum atomic E-state index is -0.360. The number of nitrogens with zero attached hydrogens (tertiary/aromatic N) is 2. The first-order valence-corrected chi connectivity index (χ1v) is 6.07. The SMILES string of the molecule is Nc1cc(C(=O)Nc2ccncc2Br)c(Cl)cn1. The van der Waals surface area contributed by atoms with E-state index < -0.39 is 0 Å². The molecule has 0 saturated carbocycles. The molecular weight excluding hydrogens is 320 g/mol. The highest BCUT2D eigenvalue weighted by Crippen LogP contribution is 2.23. The number of aromatic nitrogens is 2. The van der Waals surface area contributed by atoms with Crippen LogP contribution in [0.15, 0.2) is 35.2 Å². The molecule has 0 radical (unpaired) electrons. The van der Waals surface area contributed by atoms with Gasteiger partial charge in [0.05, 0.1) is 20.7 Å². The Labute approximate surface area is 117 Å². The number of anilines is 2. The summed E-state index contributed by atoms with van der Waals surface area (Å²) in [6.45, 7) is 0. The zero-order valence-electron chi connectivity index (χ0n) is 9.02. The average molecular weight is 328 g/mol. The van der Waals surface area contributed by atoms with E-state index in [9.17, 15) is 4.79 Å². The smallest absolute Gasteiger partial charge is 0.257 e. The van der Waals surface area contributed by atoms with Crippen molar-refractivity contribution in [3.63, 3.8) is 0 Å². The number of carbonyl (C=O) groups excluding carboxylic acids is 1. The highest BCUT2D eigenvalue weighted by atomic mass is 79.9. The summed E-state index contributed by atoms with van der Waals surface area (Å²) in [5, 5.41) is 2.94. The molecule has 0 aliphatic carbocycles. The van der Waals surface area contributed by atoms with Gasteiger partial charge in [0.1, 0.15) is 5.82 Å². The highest BCUT2D eigenvalue weighted by molar-refractivity contribution is 9.10. The molecule has 18 heavy (non-hydrogen) atoms. The molecule has 2 aromatic heterocycles. The molecule has 0 saturated heterocycles. The van der Waals surface area contributed by atoms with Crippen LogP contribution < -0.4 is 11.1 Å². The van der Waals surface area contributed by atoms with E-state index in [-0.39, 0.29) is 22.3 Å². The van der Waals surface area contributed by atoms with Gasteiger partial charge in [-0.2, -0.15) is 0 Å². The van der Waals surface area contributed by atoms with Crippen LogP contribution in [0.25, 0.3) is 0 Å². The standard InChI is InChI=1S/C11H8BrClN4O/c12-7-4-15-2-1-9(7)17-11(18)6-3-10(14)16-5-8(6)13/h1-5H,(H2,14,16)(H,15,17,18). The molecule has 92 valence electrons. The summed E-state index contributed by atoms with van der Waals surface area (Å²) in [5.74, 6) is -0.126. The lowest BCUT2D eigenvalue weighted by molar-refractivity contribution is 0.102. The lowest BCUT2D eigenvalue weighted by Crippen LogP contribution is -2.13. The number of hydrogen-bond acceptors (Lipinski definition) is 4. The minimum Gasteiger partial charge on any atom is -0.384 e. The Kier molecular flexibility index (Phi) is 3.78. The Hall–Kier alpha value is -1.66. The third-order valence-electron chi connectivity index (χ3n) is 2.14. The van der Waals surface area contributed by atoms with Crippen molar-refractivity contribution in [2.45, 2.75) is 0 Å². The first-order valence-electron chi connectivity index (χ1n) is 4.90. The molecule has 5 nitrogen and oxygen atoms in total. The van der Waals surface area contributed by atoms with Crippen LogP contribution in [0.2, 0.25) is 5.02 Å². The zero-order chi connectivity index (χ0) is 13.1. The predicted octanol–water partition coefficient (Wildman–Crippen LogP) is 2.73. The number of nitrogens with one attached hydrogen (secondary N) is 1. The number of amides is 1. The molecule has 0 atom stereocenters. The van der Waals surface area contributed by atoms with E-state index in [4.69, 9.17) is 17.3 Å². The second-order valence-electron chi connectivity index (χ2n) is 3.40. The maximum Gasteiger partial charge on any atom is 0.257 e. The summed E-state index contributed by atoms with van der Waals surface area (Å²) < 4.78 is 0.677. The molecule has 3 N–H and O–H groups in total. The van der Waals surface area contributed by atoms with Crippen molar-refractivity contribution < 1.29 is 4.79 Å². The third kappa shape index (κ3) is 2.77. The van der Waals surface area contributed by atoms with Gasteiger partial charge in [0, 0.05) is 18.6 Å². The van der Waals surface area contributed by atoms with Gasteiger partial charge in [-0.3, -0.25) is 9.78 Å². The van der Waals surface area contributed by atoms with Gasteiger partial charge >= 0.3 is 0 Å². The van der Waals surface area contributed by atoms with E-state index in [2.05, 4.69) is 31.2 Å². The van der Waals surface area contributed by atoms with Crippen LogP contribution in [-0.4, -0.2) is 15.9 Å². The van der Waals surface area contributed by atoms with Crippen molar-refractivity contribution in [3.05, 3.63) is 45.8 Å². The summed E-state index contributed by atoms with van der Waals surface area (Å²) in [5.41, 5.74) is 6.39. The molecule has 2 aromatic rings. The Balaban J connectivity index is 2.28. The van der Waals surface area contributed by atoms with Gasteiger partial charge in [-0.05, 0) is 28.1 Å². The van der Waals surface area contributed by atoms with Crippen LogP contribution in [0.5, 0.6) is 0 Å². The van der Waals surface area contributed by atoms with Crippen molar-refractivity contribution in [1.82, 2.24) is 9.97 Å². The van der Waals surface area contributed by atoms with Gasteiger partial charge in [-0.25, -0.2) is 4.98 Å². The van der Waals surface area contributed by atoms with Crippen LogP contribution in [-0.2, 0) is 0 Å². The van der Waals surface area contributed by atoms with Crippen LogP contribution in [0, 0.1) is 0 Å². The van der Waals surface area contributed by atoms with Crippen molar-refractivity contribution in [1.29, 1.82) is 0 Å². The van der Waals surface area contributed by atoms with Gasteiger partial charge in [0.25, 0.3) is 5.91 Å². The summed E-state index contributed by atoms with van der Waals surface area (Å²) in [4.78, 5) is 19.7. The lowest BCUT2D eigenvalue weighted by Gasteiger charge is -2.08. The molecule has 2 rings (SSSR count). The molecule has 0 fully saturated rings. The molecule has 1 amide bonds. The summed E-state index contributed by atoms with van der Waals surface area (Å²) in [6, 6.07) is 3.09. The Bertz CT molecular complexity index is 605. The third-order valence-corrected chi connectivity index (χ3v) is 3.07. The average Bonchev–Trinajstić information content (AvgIpc) is 2.35. The molecular formula is C11H8BrClN4O. The first-order chi connectivity index (χ1) is 8.58. The lowest BCUT2D eigenvalue weighted by atomic mass is 10.2. The van der Waals surface area contributed by atoms with E-state index in [0.717, 1.165) is 0 Å². The largest absolute Gasteiger partial charge is 0.384 e. The van der Waals surface area contributed by atoms with Crippen LogP contribution in [0.4, 0.5) is 11.5 Å². The van der Waals surface area contributed by atoms with Gasteiger partial charge in [0.15, 0.2) is 0 Å². The Morgan fingerprint density at radius 2 is 2.22 bits per heavy atom. The van der Waals surface area contributed by atoms with E-state index in [1.54, 1.807) is 18.5 Å². The normalized spacial score (nSPS) is 10.1. The number of halogens is 2. The molecule has 0 spiro atoms. The van der Waals surface area contributed by atoms with Gasteiger partial charge in [0.2, 0.25) is 0 Å². The summed E-state index contributed by atoms with van der Waals surface area (Å²) >= 11 is 9.18. The molecule has 0 unspecified atom stereocenters. The van der Waals surface area contributed by atoms with Crippen LogP contribution in [0.3, 0.4) is 0 Å². The van der Waals surface area contributed by atoms with Gasteiger partial charge < -0.3 is 11.1 Å². The number of hydrogen-bond donors (Lipinski definition) is 2. The van der Waals surface area contributed by atoms with E-state index in [1.807, 2.05) is 0 Å². The fourth-order valence-corrected chi connectivity index (χ4v) is 1.83. The summed E-state index contributed by atoms with van der Waals surface area (Å²) in [7, 11) is 0. The molecule has 0 bridgehead atoms. The number of nitrogen functional groups attached to an aromatic ring is 1. The van der Waals surface area contributed by atoms with E-state index in [1.165, 1.54) is 12.3 Å². The van der Waals surface area contributed by atoms with Crippen molar-refractivity contribution in [2.24, 2.45) is 0 Å². The molecule has 0 aromatic carbocycles. The van der Waals surface area contributed by atoms with Crippen molar-refractivity contribution in [3.8, 4) is 0 Å². The van der Waals surface area contributed by atoms with Crippen molar-refractivity contribution >= 4 is 44.9 Å². The molecule has 0 aliphatic rings. The summed E-state index contributed by atoms with van der Waals surface area (Å²) in [6.07, 6.45) is 4.49. The topological polar surface area (TPSA) is 80.9 Å². The van der Waals surface area contributed by atoms with Gasteiger partial charge in [-0.15, -0.1) is 0 Å². The number of carbonyl (C=O) groups is 1. The monoisotopic (exact) mass is 326 g/mol. The fraction of sp³-hybridized carbons (Fsp3) is 0. The maximum absolute atomic E-state index is 12.0. The number of rotatable bonds is 2. The molecule has 0 aliphatic heterocycles. The molecule has 2 heterocycles. The predicted molar refractivity (Wildman–Crippen MR) is 73.5 cm³/mol. The van der Waals surface area contributed by atoms with E-state index >= 15 is 0 Å². The van der Waals surface area contributed by atoms with Crippen LogP contribution in [0.1, 0.15) is 10.4 Å². The zero-order valence-corrected chi connectivity index (χ0v) is 11.4. The number of nitrogens with two attached hydrogens (primary N) is 1. The van der Waals surface area contributed by atoms with Crippen LogP contribution >= 0.6 is 27.5 Å². The number of pyridine rings is 2.